The van der Waals surface area contributed by atoms with Crippen LogP contribution in [0.2, 0.25) is 0 Å². The number of carbonyl (C=O) groups excluding carboxylic acids is 1. The standard InChI is InChI=1S/C21H30FN3O2/c1-4-10-25-11-9-21(8-7-20(25)26)16-24(13-12-23(21)2)15-17-5-6-18(27-3)14-19(17)22/h4-6,14H,1,7-13,15-16H2,2-3H3. The summed E-state index contributed by atoms with van der Waals surface area (Å²) in [5, 5.41) is 0. The molecule has 1 unspecified atom stereocenters. The van der Waals surface area contributed by atoms with Gasteiger partial charge >= 0.3 is 0 Å². The quantitative estimate of drug-likeness (QED) is 0.741. The molecule has 2 saturated heterocycles. The number of amides is 1. The summed E-state index contributed by atoms with van der Waals surface area (Å²) in [6.45, 7) is 8.37. The molecule has 2 aliphatic heterocycles. The summed E-state index contributed by atoms with van der Waals surface area (Å²) in [4.78, 5) is 19.0. The molecule has 1 amide bonds. The molecule has 1 atom stereocenters. The Hall–Kier alpha value is -1.92. The van der Waals surface area contributed by atoms with Gasteiger partial charge in [-0.15, -0.1) is 6.58 Å². The number of rotatable bonds is 5. The van der Waals surface area contributed by atoms with E-state index in [9.17, 15) is 9.18 Å². The lowest BCUT2D eigenvalue weighted by atomic mass is 9.86. The van der Waals surface area contributed by atoms with Gasteiger partial charge in [0.2, 0.25) is 5.91 Å². The molecular formula is C21H30FN3O2. The van der Waals surface area contributed by atoms with Crippen LogP contribution >= 0.6 is 0 Å². The van der Waals surface area contributed by atoms with Crippen LogP contribution in [0.25, 0.3) is 0 Å². The van der Waals surface area contributed by atoms with E-state index >= 15 is 0 Å². The molecule has 1 aromatic carbocycles. The third-order valence-corrected chi connectivity index (χ3v) is 6.09. The van der Waals surface area contributed by atoms with Crippen molar-refractivity contribution in [2.45, 2.75) is 31.3 Å². The highest BCUT2D eigenvalue weighted by Gasteiger charge is 2.42. The number of carbonyl (C=O) groups is 1. The minimum absolute atomic E-state index is 0.0349. The first-order valence-corrected chi connectivity index (χ1v) is 9.62. The van der Waals surface area contributed by atoms with Crippen molar-refractivity contribution in [1.29, 1.82) is 0 Å². The van der Waals surface area contributed by atoms with Gasteiger partial charge in [-0.05, 0) is 26.0 Å². The molecule has 0 bridgehead atoms. The highest BCUT2D eigenvalue weighted by molar-refractivity contribution is 5.76. The summed E-state index contributed by atoms with van der Waals surface area (Å²) < 4.78 is 19.5. The first kappa shape index (κ1) is 19.8. The zero-order valence-electron chi connectivity index (χ0n) is 16.4. The van der Waals surface area contributed by atoms with Crippen LogP contribution in [0.15, 0.2) is 30.9 Å². The van der Waals surface area contributed by atoms with Gasteiger partial charge in [0.25, 0.3) is 0 Å². The lowest BCUT2D eigenvalue weighted by Gasteiger charge is -2.49. The Morgan fingerprint density at radius 3 is 2.81 bits per heavy atom. The molecule has 2 aliphatic rings. The largest absolute Gasteiger partial charge is 0.497 e. The number of benzene rings is 1. The number of ether oxygens (including phenoxy) is 1. The normalized spacial score (nSPS) is 24.9. The smallest absolute Gasteiger partial charge is 0.222 e. The van der Waals surface area contributed by atoms with Gasteiger partial charge in [0.05, 0.1) is 7.11 Å². The van der Waals surface area contributed by atoms with Crippen LogP contribution in [0.4, 0.5) is 4.39 Å². The maximum Gasteiger partial charge on any atom is 0.222 e. The van der Waals surface area contributed by atoms with Crippen molar-refractivity contribution >= 4 is 5.91 Å². The molecule has 3 rings (SSSR count). The molecule has 1 aromatic rings. The molecule has 2 fully saturated rings. The van der Waals surface area contributed by atoms with Gasteiger partial charge in [-0.2, -0.15) is 0 Å². The maximum atomic E-state index is 14.4. The molecule has 0 aromatic heterocycles. The van der Waals surface area contributed by atoms with Crippen LogP contribution in [-0.4, -0.2) is 73.0 Å². The van der Waals surface area contributed by atoms with Crippen molar-refractivity contribution in [3.63, 3.8) is 0 Å². The highest BCUT2D eigenvalue weighted by atomic mass is 19.1. The fraction of sp³-hybridized carbons (Fsp3) is 0.571. The van der Waals surface area contributed by atoms with Crippen LogP contribution < -0.4 is 4.74 Å². The molecule has 0 N–H and O–H groups in total. The lowest BCUT2D eigenvalue weighted by molar-refractivity contribution is -0.130. The fourth-order valence-electron chi connectivity index (χ4n) is 4.28. The van der Waals surface area contributed by atoms with E-state index in [1.54, 1.807) is 13.2 Å². The van der Waals surface area contributed by atoms with E-state index in [0.29, 0.717) is 30.8 Å². The minimum atomic E-state index is -0.226. The summed E-state index contributed by atoms with van der Waals surface area (Å²) in [5.74, 6) is 0.518. The van der Waals surface area contributed by atoms with E-state index in [1.165, 1.54) is 6.07 Å². The molecular weight excluding hydrogens is 345 g/mol. The number of halogens is 1. The lowest BCUT2D eigenvalue weighted by Crippen LogP contribution is -2.60. The second-order valence-electron chi connectivity index (χ2n) is 7.69. The van der Waals surface area contributed by atoms with Crippen LogP contribution in [0.5, 0.6) is 5.75 Å². The Labute approximate surface area is 161 Å². The van der Waals surface area contributed by atoms with Gasteiger partial charge in [-0.3, -0.25) is 14.6 Å². The SMILES string of the molecule is C=CCN1CCC2(CCC1=O)CN(Cc1ccc(OC)cc1F)CCN2C. The second kappa shape index (κ2) is 8.40. The van der Waals surface area contributed by atoms with Crippen LogP contribution in [0, 0.1) is 5.82 Å². The first-order chi connectivity index (χ1) is 13.0. The summed E-state index contributed by atoms with van der Waals surface area (Å²) in [6, 6.07) is 5.06. The number of nitrogens with zero attached hydrogens (tertiary/aromatic N) is 3. The van der Waals surface area contributed by atoms with Crippen molar-refractivity contribution in [2.24, 2.45) is 0 Å². The summed E-state index contributed by atoms with van der Waals surface area (Å²) >= 11 is 0. The van der Waals surface area contributed by atoms with Gasteiger partial charge in [0.15, 0.2) is 0 Å². The number of piperazine rings is 1. The fourth-order valence-corrected chi connectivity index (χ4v) is 4.28. The van der Waals surface area contributed by atoms with Crippen LogP contribution in [0.1, 0.15) is 24.8 Å². The molecule has 27 heavy (non-hydrogen) atoms. The molecule has 0 saturated carbocycles. The number of hydrogen-bond donors (Lipinski definition) is 0. The number of likely N-dealkylation sites (tertiary alicyclic amines) is 1. The Balaban J connectivity index is 1.72. The zero-order chi connectivity index (χ0) is 19.4. The molecule has 2 heterocycles. The third kappa shape index (κ3) is 4.33. The average molecular weight is 375 g/mol. The van der Waals surface area contributed by atoms with Crippen molar-refractivity contribution in [3.05, 3.63) is 42.2 Å². The van der Waals surface area contributed by atoms with Gasteiger partial charge in [0, 0.05) is 62.9 Å². The van der Waals surface area contributed by atoms with Crippen molar-refractivity contribution < 1.29 is 13.9 Å². The van der Waals surface area contributed by atoms with E-state index in [0.717, 1.165) is 39.0 Å². The van der Waals surface area contributed by atoms with E-state index < -0.39 is 0 Å². The van der Waals surface area contributed by atoms with Crippen LogP contribution in [0.3, 0.4) is 0 Å². The topological polar surface area (TPSA) is 36.0 Å². The predicted octanol–water partition coefficient (Wildman–Crippen LogP) is 2.52. The maximum absolute atomic E-state index is 14.4. The van der Waals surface area contributed by atoms with Crippen LogP contribution in [-0.2, 0) is 11.3 Å². The minimum Gasteiger partial charge on any atom is -0.497 e. The molecule has 6 heteroatoms. The zero-order valence-corrected chi connectivity index (χ0v) is 16.4. The Morgan fingerprint density at radius 2 is 2.11 bits per heavy atom. The molecule has 0 radical (unpaired) electrons. The Kier molecular flexibility index (Phi) is 6.17. The van der Waals surface area contributed by atoms with E-state index in [2.05, 4.69) is 23.4 Å². The summed E-state index contributed by atoms with van der Waals surface area (Å²) in [6.07, 6.45) is 4.13. The number of methoxy groups -OCH3 is 1. The van der Waals surface area contributed by atoms with Crippen molar-refractivity contribution in [3.8, 4) is 5.75 Å². The third-order valence-electron chi connectivity index (χ3n) is 6.09. The van der Waals surface area contributed by atoms with Gasteiger partial charge in [0.1, 0.15) is 11.6 Å². The summed E-state index contributed by atoms with van der Waals surface area (Å²) in [5.41, 5.74) is 0.653. The first-order valence-electron chi connectivity index (χ1n) is 9.62. The molecule has 5 nitrogen and oxygen atoms in total. The molecule has 1 spiro atoms. The van der Waals surface area contributed by atoms with Gasteiger partial charge in [-0.25, -0.2) is 4.39 Å². The van der Waals surface area contributed by atoms with E-state index in [-0.39, 0.29) is 17.3 Å². The number of likely N-dealkylation sites (N-methyl/N-ethyl adjacent to an activating group) is 1. The van der Waals surface area contributed by atoms with Gasteiger partial charge < -0.3 is 9.64 Å². The van der Waals surface area contributed by atoms with Gasteiger partial charge in [-0.1, -0.05) is 12.1 Å². The van der Waals surface area contributed by atoms with Crippen molar-refractivity contribution in [2.75, 3.05) is 46.9 Å². The summed E-state index contributed by atoms with van der Waals surface area (Å²) in [7, 11) is 3.70. The Bertz CT molecular complexity index is 696. The monoisotopic (exact) mass is 375 g/mol. The average Bonchev–Trinajstić information content (AvgIpc) is 2.81. The number of hydrogen-bond acceptors (Lipinski definition) is 4. The molecule has 0 aliphatic carbocycles. The van der Waals surface area contributed by atoms with E-state index in [1.807, 2.05) is 17.0 Å². The highest BCUT2D eigenvalue weighted by Crippen LogP contribution is 2.33. The Morgan fingerprint density at radius 1 is 1.30 bits per heavy atom. The predicted molar refractivity (Wildman–Crippen MR) is 104 cm³/mol. The van der Waals surface area contributed by atoms with Crippen molar-refractivity contribution in [1.82, 2.24) is 14.7 Å². The van der Waals surface area contributed by atoms with E-state index in [4.69, 9.17) is 4.74 Å². The molecule has 148 valence electrons. The second-order valence-corrected chi connectivity index (χ2v) is 7.69.